The van der Waals surface area contributed by atoms with Crippen molar-refractivity contribution in [2.75, 3.05) is 58.2 Å². The van der Waals surface area contributed by atoms with Gasteiger partial charge in [0.05, 0.1) is 11.3 Å². The number of amides is 2. The number of para-hydroxylation sites is 1. The van der Waals surface area contributed by atoms with Crippen LogP contribution in [0.1, 0.15) is 10.4 Å². The van der Waals surface area contributed by atoms with Crippen molar-refractivity contribution in [3.8, 4) is 5.75 Å². The molecule has 2 N–H and O–H groups in total. The number of anilines is 1. The Morgan fingerprint density at radius 3 is 2.87 bits per heavy atom. The van der Waals surface area contributed by atoms with Gasteiger partial charge in [0.25, 0.3) is 11.8 Å². The van der Waals surface area contributed by atoms with Gasteiger partial charge >= 0.3 is 0 Å². The van der Waals surface area contributed by atoms with Crippen molar-refractivity contribution in [3.63, 3.8) is 0 Å². The smallest absolute Gasteiger partial charge is 0.262 e. The SMILES string of the molecule is CN1CCN(CCNC(=O)c2cccc3c2OCC(=O)N3)CC1. The van der Waals surface area contributed by atoms with Crippen LogP contribution in [0.2, 0.25) is 0 Å². The second-order valence-corrected chi connectivity index (χ2v) is 5.92. The van der Waals surface area contributed by atoms with Crippen LogP contribution in [0.4, 0.5) is 5.69 Å². The Morgan fingerprint density at radius 1 is 1.30 bits per heavy atom. The van der Waals surface area contributed by atoms with Crippen LogP contribution in [0.3, 0.4) is 0 Å². The summed E-state index contributed by atoms with van der Waals surface area (Å²) in [6.07, 6.45) is 0. The highest BCUT2D eigenvalue weighted by Crippen LogP contribution is 2.31. The Labute approximate surface area is 135 Å². The van der Waals surface area contributed by atoms with E-state index in [2.05, 4.69) is 27.5 Å². The molecule has 2 heterocycles. The third kappa shape index (κ3) is 3.80. The normalized spacial score (nSPS) is 18.7. The van der Waals surface area contributed by atoms with Crippen molar-refractivity contribution in [3.05, 3.63) is 23.8 Å². The van der Waals surface area contributed by atoms with Crippen molar-refractivity contribution in [2.24, 2.45) is 0 Å². The zero-order valence-corrected chi connectivity index (χ0v) is 13.3. The minimum absolute atomic E-state index is 0.0570. The van der Waals surface area contributed by atoms with E-state index in [0.717, 1.165) is 32.7 Å². The molecular weight excluding hydrogens is 296 g/mol. The molecule has 0 radical (unpaired) electrons. The zero-order chi connectivity index (χ0) is 16.2. The summed E-state index contributed by atoms with van der Waals surface area (Å²) in [5.41, 5.74) is 1.01. The number of likely N-dealkylation sites (N-methyl/N-ethyl adjacent to an activating group) is 1. The summed E-state index contributed by atoms with van der Waals surface area (Å²) >= 11 is 0. The molecule has 7 nitrogen and oxygen atoms in total. The van der Waals surface area contributed by atoms with E-state index >= 15 is 0 Å². The molecule has 2 amide bonds. The van der Waals surface area contributed by atoms with Gasteiger partial charge in [-0.15, -0.1) is 0 Å². The number of carbonyl (C=O) groups is 2. The number of ether oxygens (including phenoxy) is 1. The molecule has 0 aliphatic carbocycles. The van der Waals surface area contributed by atoms with Gasteiger partial charge in [-0.2, -0.15) is 0 Å². The minimum Gasteiger partial charge on any atom is -0.481 e. The maximum absolute atomic E-state index is 12.4. The third-order valence-corrected chi connectivity index (χ3v) is 4.19. The number of benzene rings is 1. The summed E-state index contributed by atoms with van der Waals surface area (Å²) in [4.78, 5) is 28.3. The third-order valence-electron chi connectivity index (χ3n) is 4.19. The van der Waals surface area contributed by atoms with Gasteiger partial charge in [0.2, 0.25) is 0 Å². The quantitative estimate of drug-likeness (QED) is 0.817. The van der Waals surface area contributed by atoms with Gasteiger partial charge in [-0.25, -0.2) is 0 Å². The molecule has 0 saturated carbocycles. The van der Waals surface area contributed by atoms with Gasteiger partial charge in [0.15, 0.2) is 12.4 Å². The average Bonchev–Trinajstić information content (AvgIpc) is 2.55. The van der Waals surface area contributed by atoms with Gasteiger partial charge < -0.3 is 20.3 Å². The number of hydrogen-bond acceptors (Lipinski definition) is 5. The fourth-order valence-corrected chi connectivity index (χ4v) is 2.79. The second kappa shape index (κ2) is 6.97. The zero-order valence-electron chi connectivity index (χ0n) is 13.3. The monoisotopic (exact) mass is 318 g/mol. The Hall–Kier alpha value is -2.12. The van der Waals surface area contributed by atoms with Crippen molar-refractivity contribution in [1.82, 2.24) is 15.1 Å². The van der Waals surface area contributed by atoms with E-state index in [0.29, 0.717) is 23.5 Å². The second-order valence-electron chi connectivity index (χ2n) is 5.92. The van der Waals surface area contributed by atoms with E-state index in [1.54, 1.807) is 18.2 Å². The predicted molar refractivity (Wildman–Crippen MR) is 86.8 cm³/mol. The molecule has 3 rings (SSSR count). The van der Waals surface area contributed by atoms with E-state index in [9.17, 15) is 9.59 Å². The standard InChI is InChI=1S/C16H22N4O3/c1-19-7-9-20(10-8-19)6-5-17-16(22)12-3-2-4-13-15(12)23-11-14(21)18-13/h2-4H,5-11H2,1H3,(H,17,22)(H,18,21). The van der Waals surface area contributed by atoms with Crippen molar-refractivity contribution < 1.29 is 14.3 Å². The highest BCUT2D eigenvalue weighted by Gasteiger charge is 2.22. The summed E-state index contributed by atoms with van der Waals surface area (Å²) in [5.74, 6) is 0.0708. The maximum atomic E-state index is 12.4. The van der Waals surface area contributed by atoms with Crippen molar-refractivity contribution in [1.29, 1.82) is 0 Å². The van der Waals surface area contributed by atoms with E-state index in [-0.39, 0.29) is 18.4 Å². The molecule has 2 aliphatic heterocycles. The molecule has 2 aliphatic rings. The lowest BCUT2D eigenvalue weighted by Gasteiger charge is -2.32. The summed E-state index contributed by atoms with van der Waals surface area (Å²) in [5, 5.41) is 5.64. The lowest BCUT2D eigenvalue weighted by Crippen LogP contribution is -2.46. The van der Waals surface area contributed by atoms with Gasteiger partial charge in [0, 0.05) is 39.3 Å². The molecule has 1 fully saturated rings. The number of carbonyl (C=O) groups excluding carboxylic acids is 2. The average molecular weight is 318 g/mol. The van der Waals surface area contributed by atoms with Crippen molar-refractivity contribution >= 4 is 17.5 Å². The van der Waals surface area contributed by atoms with Crippen LogP contribution in [-0.2, 0) is 4.79 Å². The lowest BCUT2D eigenvalue weighted by molar-refractivity contribution is -0.118. The first kappa shape index (κ1) is 15.8. The molecule has 1 saturated heterocycles. The number of fused-ring (bicyclic) bond motifs is 1. The molecule has 7 heteroatoms. The number of rotatable bonds is 4. The van der Waals surface area contributed by atoms with Crippen LogP contribution in [-0.4, -0.2) is 74.5 Å². The summed E-state index contributed by atoms with van der Waals surface area (Å²) < 4.78 is 5.41. The van der Waals surface area contributed by atoms with Crippen LogP contribution in [0.15, 0.2) is 18.2 Å². The number of hydrogen-bond donors (Lipinski definition) is 2. The molecule has 1 aromatic rings. The predicted octanol–water partition coefficient (Wildman–Crippen LogP) is -0.00530. The molecule has 0 bridgehead atoms. The van der Waals surface area contributed by atoms with Crippen LogP contribution in [0.5, 0.6) is 5.75 Å². The first-order chi connectivity index (χ1) is 11.1. The van der Waals surface area contributed by atoms with Crippen LogP contribution < -0.4 is 15.4 Å². The highest BCUT2D eigenvalue weighted by atomic mass is 16.5. The highest BCUT2D eigenvalue weighted by molar-refractivity contribution is 6.03. The van der Waals surface area contributed by atoms with Crippen LogP contribution in [0, 0.1) is 0 Å². The number of nitrogens with zero attached hydrogens (tertiary/aromatic N) is 2. The van der Waals surface area contributed by atoms with Gasteiger partial charge in [-0.05, 0) is 19.2 Å². The van der Waals surface area contributed by atoms with E-state index in [1.165, 1.54) is 0 Å². The largest absolute Gasteiger partial charge is 0.481 e. The Kier molecular flexibility index (Phi) is 4.78. The molecular formula is C16H22N4O3. The number of piperazine rings is 1. The fourth-order valence-electron chi connectivity index (χ4n) is 2.79. The first-order valence-electron chi connectivity index (χ1n) is 7.88. The Morgan fingerprint density at radius 2 is 2.09 bits per heavy atom. The lowest BCUT2D eigenvalue weighted by atomic mass is 10.1. The molecule has 0 unspecified atom stereocenters. The van der Waals surface area contributed by atoms with E-state index < -0.39 is 0 Å². The Balaban J connectivity index is 1.55. The maximum Gasteiger partial charge on any atom is 0.262 e. The Bertz CT molecular complexity index is 597. The fraction of sp³-hybridized carbons (Fsp3) is 0.500. The first-order valence-corrected chi connectivity index (χ1v) is 7.88. The topological polar surface area (TPSA) is 73.9 Å². The van der Waals surface area contributed by atoms with Crippen LogP contribution in [0.25, 0.3) is 0 Å². The van der Waals surface area contributed by atoms with E-state index in [1.807, 2.05) is 0 Å². The molecule has 0 spiro atoms. The van der Waals surface area contributed by atoms with Gasteiger partial charge in [-0.1, -0.05) is 6.07 Å². The van der Waals surface area contributed by atoms with E-state index in [4.69, 9.17) is 4.74 Å². The molecule has 124 valence electrons. The van der Waals surface area contributed by atoms with Crippen molar-refractivity contribution in [2.45, 2.75) is 0 Å². The summed E-state index contributed by atoms with van der Waals surface area (Å²) in [7, 11) is 2.12. The molecule has 23 heavy (non-hydrogen) atoms. The summed E-state index contributed by atoms with van der Waals surface area (Å²) in [6, 6.07) is 5.18. The molecule has 0 atom stereocenters. The number of nitrogens with one attached hydrogen (secondary N) is 2. The molecule has 0 aromatic heterocycles. The van der Waals surface area contributed by atoms with Gasteiger partial charge in [0.1, 0.15) is 0 Å². The van der Waals surface area contributed by atoms with Crippen LogP contribution >= 0.6 is 0 Å². The van der Waals surface area contributed by atoms with Gasteiger partial charge in [-0.3, -0.25) is 14.5 Å². The summed E-state index contributed by atoms with van der Waals surface area (Å²) in [6.45, 7) is 5.56. The molecule has 1 aromatic carbocycles. The minimum atomic E-state index is -0.204.